The van der Waals surface area contributed by atoms with Crippen LogP contribution < -0.4 is 18.9 Å². The maximum Gasteiger partial charge on any atom is 0.165 e. The van der Waals surface area contributed by atoms with Gasteiger partial charge in [-0.25, -0.2) is 0 Å². The summed E-state index contributed by atoms with van der Waals surface area (Å²) in [5.74, 6) is 4.26. The highest BCUT2D eigenvalue weighted by Crippen LogP contribution is 2.51. The molecule has 0 saturated heterocycles. The lowest BCUT2D eigenvalue weighted by Gasteiger charge is -2.45. The molecule has 1 unspecified atom stereocenters. The molecule has 5 heteroatoms. The first kappa shape index (κ1) is 23.7. The first-order valence-corrected chi connectivity index (χ1v) is 12.3. The normalized spacial score (nSPS) is 20.3. The number of benzene rings is 2. The van der Waals surface area contributed by atoms with Gasteiger partial charge in [-0.15, -0.1) is 0 Å². The molecule has 0 bridgehead atoms. The highest BCUT2D eigenvalue weighted by molar-refractivity contribution is 5.56. The molecule has 2 aliphatic heterocycles. The number of fused-ring (bicyclic) bond motifs is 4. The summed E-state index contributed by atoms with van der Waals surface area (Å²) in [4.78, 5) is 2.57. The molecule has 180 valence electrons. The van der Waals surface area contributed by atoms with Gasteiger partial charge in [0.2, 0.25) is 0 Å². The van der Waals surface area contributed by atoms with Crippen LogP contribution >= 0.6 is 0 Å². The summed E-state index contributed by atoms with van der Waals surface area (Å²) in [6.45, 7) is 9.43. The van der Waals surface area contributed by atoms with E-state index in [9.17, 15) is 0 Å². The van der Waals surface area contributed by atoms with Crippen molar-refractivity contribution in [3.63, 3.8) is 0 Å². The molecule has 2 aromatic carbocycles. The number of rotatable bonds is 9. The van der Waals surface area contributed by atoms with Crippen LogP contribution in [0.1, 0.15) is 74.2 Å². The number of nitrogens with zero attached hydrogens (tertiary/aromatic N) is 1. The second kappa shape index (κ2) is 10.3. The zero-order valence-electron chi connectivity index (χ0n) is 21.1. The van der Waals surface area contributed by atoms with Crippen molar-refractivity contribution < 1.29 is 18.9 Å². The van der Waals surface area contributed by atoms with Crippen molar-refractivity contribution in [2.75, 3.05) is 34.5 Å². The van der Waals surface area contributed by atoms with Crippen LogP contribution in [0.5, 0.6) is 23.0 Å². The third-order valence-electron chi connectivity index (χ3n) is 7.39. The molecule has 0 aliphatic carbocycles. The molecule has 5 nitrogen and oxygen atoms in total. The van der Waals surface area contributed by atoms with Gasteiger partial charge in [0.1, 0.15) is 0 Å². The van der Waals surface area contributed by atoms with Crippen LogP contribution in [0.3, 0.4) is 0 Å². The summed E-state index contributed by atoms with van der Waals surface area (Å²) < 4.78 is 23.4. The van der Waals surface area contributed by atoms with Crippen LogP contribution in [-0.2, 0) is 13.0 Å². The Labute approximate surface area is 199 Å². The first-order valence-electron chi connectivity index (χ1n) is 12.3. The molecule has 33 heavy (non-hydrogen) atoms. The lowest BCUT2D eigenvalue weighted by molar-refractivity contribution is 0.135. The van der Waals surface area contributed by atoms with Gasteiger partial charge in [-0.05, 0) is 53.6 Å². The molecule has 2 aromatic rings. The van der Waals surface area contributed by atoms with E-state index in [4.69, 9.17) is 18.9 Å². The minimum Gasteiger partial charge on any atom is -0.493 e. The molecule has 4 rings (SSSR count). The van der Waals surface area contributed by atoms with Crippen molar-refractivity contribution >= 4 is 0 Å². The number of hydrogen-bond donors (Lipinski definition) is 0. The van der Waals surface area contributed by atoms with Crippen molar-refractivity contribution in [1.82, 2.24) is 4.90 Å². The van der Waals surface area contributed by atoms with Crippen LogP contribution in [0.15, 0.2) is 24.3 Å². The predicted octanol–water partition coefficient (Wildman–Crippen LogP) is 6.13. The van der Waals surface area contributed by atoms with Gasteiger partial charge in [-0.1, -0.05) is 39.7 Å². The lowest BCUT2D eigenvalue weighted by Crippen LogP contribution is -2.41. The Hall–Kier alpha value is -2.40. The zero-order valence-corrected chi connectivity index (χ0v) is 21.1. The van der Waals surface area contributed by atoms with Gasteiger partial charge in [0.15, 0.2) is 23.0 Å². The molecular weight excluding hydrogens is 414 g/mol. The summed E-state index contributed by atoms with van der Waals surface area (Å²) >= 11 is 0. The molecule has 0 spiro atoms. The fourth-order valence-corrected chi connectivity index (χ4v) is 5.58. The molecule has 0 radical (unpaired) electrons. The second-order valence-electron chi connectivity index (χ2n) is 9.58. The number of hydrogen-bond acceptors (Lipinski definition) is 5. The molecule has 0 saturated carbocycles. The second-order valence-corrected chi connectivity index (χ2v) is 9.58. The van der Waals surface area contributed by atoms with Crippen LogP contribution in [0.4, 0.5) is 0 Å². The van der Waals surface area contributed by atoms with E-state index in [-0.39, 0.29) is 0 Å². The largest absolute Gasteiger partial charge is 0.493 e. The van der Waals surface area contributed by atoms with E-state index in [1.165, 1.54) is 41.5 Å². The standard InChI is InChI=1S/C28H39NO4/c1-7-8-9-18(2)17-33-26-14-20-12-13-29-16-23-21(10-11-24(30-4)28(23)32-6)19(3)27(29)22(20)15-25(26)31-5/h10-11,14-15,18-19,27H,7-9,12-13,16-17H2,1-6H3/t18?,19-,27+/m0/s1. The van der Waals surface area contributed by atoms with Crippen LogP contribution in [0.25, 0.3) is 0 Å². The van der Waals surface area contributed by atoms with Crippen molar-refractivity contribution in [3.05, 3.63) is 46.5 Å². The van der Waals surface area contributed by atoms with Crippen molar-refractivity contribution in [2.24, 2.45) is 5.92 Å². The summed E-state index contributed by atoms with van der Waals surface area (Å²) in [5.41, 5.74) is 5.32. The SMILES string of the molecule is CCCCC(C)COc1cc2c(cc1OC)[C@H]1[C@@H](C)c3ccc(OC)c(OC)c3CN1CC2. The average Bonchev–Trinajstić information content (AvgIpc) is 2.84. The molecule has 2 heterocycles. The summed E-state index contributed by atoms with van der Waals surface area (Å²) in [7, 11) is 5.18. The van der Waals surface area contributed by atoms with Gasteiger partial charge in [0, 0.05) is 30.6 Å². The molecule has 0 aromatic heterocycles. The van der Waals surface area contributed by atoms with Gasteiger partial charge < -0.3 is 18.9 Å². The number of methoxy groups -OCH3 is 3. The van der Waals surface area contributed by atoms with E-state index in [1.807, 2.05) is 6.07 Å². The highest BCUT2D eigenvalue weighted by atomic mass is 16.5. The van der Waals surface area contributed by atoms with Gasteiger partial charge >= 0.3 is 0 Å². The van der Waals surface area contributed by atoms with E-state index in [0.717, 1.165) is 49.1 Å². The number of unbranched alkanes of at least 4 members (excludes halogenated alkanes) is 1. The molecule has 0 amide bonds. The fourth-order valence-electron chi connectivity index (χ4n) is 5.58. The average molecular weight is 454 g/mol. The monoisotopic (exact) mass is 453 g/mol. The van der Waals surface area contributed by atoms with Crippen LogP contribution in [0.2, 0.25) is 0 Å². The van der Waals surface area contributed by atoms with E-state index in [2.05, 4.69) is 43.9 Å². The molecule has 2 aliphatic rings. The van der Waals surface area contributed by atoms with Crippen LogP contribution in [-0.4, -0.2) is 39.4 Å². The van der Waals surface area contributed by atoms with Gasteiger partial charge in [0.05, 0.1) is 27.9 Å². The molecule has 3 atom stereocenters. The lowest BCUT2D eigenvalue weighted by atomic mass is 9.77. The Morgan fingerprint density at radius 3 is 2.48 bits per heavy atom. The molecular formula is C28H39NO4. The molecule has 0 fully saturated rings. The Bertz CT molecular complexity index is 973. The van der Waals surface area contributed by atoms with E-state index >= 15 is 0 Å². The predicted molar refractivity (Wildman–Crippen MR) is 132 cm³/mol. The summed E-state index contributed by atoms with van der Waals surface area (Å²) in [6.07, 6.45) is 4.68. The fraction of sp³-hybridized carbons (Fsp3) is 0.571. The maximum atomic E-state index is 6.26. The maximum absolute atomic E-state index is 6.26. The Kier molecular flexibility index (Phi) is 7.38. The molecule has 0 N–H and O–H groups in total. The smallest absolute Gasteiger partial charge is 0.165 e. The highest BCUT2D eigenvalue weighted by Gasteiger charge is 2.39. The summed E-state index contributed by atoms with van der Waals surface area (Å²) in [5, 5.41) is 0. The quantitative estimate of drug-likeness (QED) is 0.456. The van der Waals surface area contributed by atoms with Crippen LogP contribution in [0, 0.1) is 5.92 Å². The van der Waals surface area contributed by atoms with E-state index in [0.29, 0.717) is 17.9 Å². The van der Waals surface area contributed by atoms with Crippen molar-refractivity contribution in [2.45, 2.75) is 65.0 Å². The third kappa shape index (κ3) is 4.52. The minimum atomic E-state index is 0.311. The van der Waals surface area contributed by atoms with E-state index < -0.39 is 0 Å². The van der Waals surface area contributed by atoms with Gasteiger partial charge in [0.25, 0.3) is 0 Å². The van der Waals surface area contributed by atoms with Gasteiger partial charge in [-0.2, -0.15) is 0 Å². The topological polar surface area (TPSA) is 40.2 Å². The summed E-state index contributed by atoms with van der Waals surface area (Å²) in [6, 6.07) is 9.00. The zero-order chi connectivity index (χ0) is 23.5. The van der Waals surface area contributed by atoms with Crippen molar-refractivity contribution in [1.29, 1.82) is 0 Å². The van der Waals surface area contributed by atoms with Crippen molar-refractivity contribution in [3.8, 4) is 23.0 Å². The van der Waals surface area contributed by atoms with E-state index in [1.54, 1.807) is 21.3 Å². The first-order chi connectivity index (χ1) is 16.0. The minimum absolute atomic E-state index is 0.311. The number of ether oxygens (including phenoxy) is 4. The Morgan fingerprint density at radius 2 is 1.79 bits per heavy atom. The third-order valence-corrected chi connectivity index (χ3v) is 7.39. The van der Waals surface area contributed by atoms with Gasteiger partial charge in [-0.3, -0.25) is 4.90 Å². The Morgan fingerprint density at radius 1 is 1.00 bits per heavy atom. The Balaban J connectivity index is 1.64.